The Kier molecular flexibility index (Phi) is 3.33. The van der Waals surface area contributed by atoms with E-state index in [1.807, 2.05) is 42.0 Å². The van der Waals surface area contributed by atoms with Crippen molar-refractivity contribution in [1.82, 2.24) is 39.6 Å². The number of nitrogens with zero attached hydrogens (tertiary/aromatic N) is 8. The number of pyridine rings is 1. The van der Waals surface area contributed by atoms with Crippen LogP contribution in [0.5, 0.6) is 0 Å². The van der Waals surface area contributed by atoms with Gasteiger partial charge in [0, 0.05) is 38.1 Å². The topological polar surface area (TPSA) is 106 Å². The minimum Gasteiger partial charge on any atom is -0.402 e. The zero-order chi connectivity index (χ0) is 19.4. The molecular weight excluding hydrogens is 370 g/mol. The minimum atomic E-state index is -0.218. The number of aromatic amines is 1. The van der Waals surface area contributed by atoms with Crippen LogP contribution in [0.15, 0.2) is 53.5 Å². The third-order valence-corrected chi connectivity index (χ3v) is 5.29. The maximum Gasteiger partial charge on any atom is 0.319 e. The second-order valence-corrected chi connectivity index (χ2v) is 6.98. The fraction of sp³-hybridized carbons (Fsp3) is 0.211. The molecule has 0 unspecified atom stereocenters. The largest absolute Gasteiger partial charge is 0.402 e. The van der Waals surface area contributed by atoms with E-state index < -0.39 is 0 Å². The average molecular weight is 387 g/mol. The molecule has 0 bridgehead atoms. The summed E-state index contributed by atoms with van der Waals surface area (Å²) in [5.74, 6) is 0.432. The highest BCUT2D eigenvalue weighted by molar-refractivity contribution is 5.53. The molecule has 5 aromatic heterocycles. The molecule has 144 valence electrons. The van der Waals surface area contributed by atoms with Crippen LogP contribution in [0.25, 0.3) is 17.1 Å². The van der Waals surface area contributed by atoms with Crippen molar-refractivity contribution >= 4 is 11.5 Å². The van der Waals surface area contributed by atoms with Crippen LogP contribution in [0.4, 0.5) is 6.01 Å². The van der Waals surface area contributed by atoms with Crippen molar-refractivity contribution in [2.24, 2.45) is 7.05 Å². The van der Waals surface area contributed by atoms with Gasteiger partial charge in [-0.05, 0) is 24.3 Å². The van der Waals surface area contributed by atoms with Gasteiger partial charge in [-0.2, -0.15) is 10.2 Å². The lowest BCUT2D eigenvalue weighted by atomic mass is 10.0. The predicted molar refractivity (Wildman–Crippen MR) is 103 cm³/mol. The van der Waals surface area contributed by atoms with Crippen LogP contribution in [0.1, 0.15) is 23.1 Å². The van der Waals surface area contributed by atoms with Crippen LogP contribution in [-0.2, 0) is 13.5 Å². The summed E-state index contributed by atoms with van der Waals surface area (Å²) in [5, 5.41) is 17.5. The summed E-state index contributed by atoms with van der Waals surface area (Å²) < 4.78 is 9.61. The van der Waals surface area contributed by atoms with E-state index >= 15 is 0 Å². The second-order valence-electron chi connectivity index (χ2n) is 6.98. The molecule has 0 amide bonds. The Bertz CT molecular complexity index is 1280. The normalized spacial score (nSPS) is 16.4. The summed E-state index contributed by atoms with van der Waals surface area (Å²) in [7, 11) is 1.84. The van der Waals surface area contributed by atoms with Crippen LogP contribution in [0.3, 0.4) is 0 Å². The van der Waals surface area contributed by atoms with E-state index in [1.54, 1.807) is 17.2 Å². The van der Waals surface area contributed by atoms with Crippen molar-refractivity contribution in [2.45, 2.75) is 12.5 Å². The average Bonchev–Trinajstić information content (AvgIpc) is 3.51. The van der Waals surface area contributed by atoms with Crippen LogP contribution < -0.4 is 4.90 Å². The first kappa shape index (κ1) is 16.0. The summed E-state index contributed by atoms with van der Waals surface area (Å²) in [6.45, 7) is 0.709. The summed E-state index contributed by atoms with van der Waals surface area (Å²) in [6.07, 6.45) is 6.18. The van der Waals surface area contributed by atoms with Crippen molar-refractivity contribution in [2.75, 3.05) is 11.4 Å². The minimum absolute atomic E-state index is 0.218. The first-order chi connectivity index (χ1) is 14.3. The van der Waals surface area contributed by atoms with E-state index in [4.69, 9.17) is 9.52 Å². The number of hydrogen-bond acceptors (Lipinski definition) is 7. The molecule has 1 aliphatic rings. The van der Waals surface area contributed by atoms with Gasteiger partial charge in [0.15, 0.2) is 0 Å². The summed E-state index contributed by atoms with van der Waals surface area (Å²) >= 11 is 0. The van der Waals surface area contributed by atoms with Gasteiger partial charge in [0.05, 0.1) is 23.2 Å². The van der Waals surface area contributed by atoms with Gasteiger partial charge < -0.3 is 14.3 Å². The lowest BCUT2D eigenvalue weighted by Crippen LogP contribution is -2.36. The van der Waals surface area contributed by atoms with Crippen molar-refractivity contribution < 1.29 is 4.42 Å². The Hall–Kier alpha value is -3.95. The van der Waals surface area contributed by atoms with E-state index in [-0.39, 0.29) is 6.04 Å². The maximum atomic E-state index is 6.04. The molecule has 0 spiro atoms. The Labute approximate surface area is 164 Å². The monoisotopic (exact) mass is 387 g/mol. The lowest BCUT2D eigenvalue weighted by molar-refractivity contribution is 0.500. The number of imidazole rings is 1. The zero-order valence-electron chi connectivity index (χ0n) is 15.6. The van der Waals surface area contributed by atoms with Gasteiger partial charge in [-0.1, -0.05) is 11.2 Å². The van der Waals surface area contributed by atoms with Crippen molar-refractivity contribution in [3.8, 4) is 11.6 Å². The lowest BCUT2D eigenvalue weighted by Gasteiger charge is -2.32. The first-order valence-corrected chi connectivity index (χ1v) is 9.33. The highest BCUT2D eigenvalue weighted by atomic mass is 16.4. The molecule has 0 aliphatic carbocycles. The third-order valence-electron chi connectivity index (χ3n) is 5.29. The molecule has 0 fully saturated rings. The van der Waals surface area contributed by atoms with Crippen LogP contribution in [0, 0.1) is 0 Å². The van der Waals surface area contributed by atoms with Crippen molar-refractivity contribution in [3.05, 3.63) is 66.1 Å². The van der Waals surface area contributed by atoms with Gasteiger partial charge in [0.1, 0.15) is 11.7 Å². The standard InChI is InChI=1S/C19H17N9O/c1-26-15(5-7-22-26)18-23-24-19(29-18)27-9-6-13-16(21-11-20-13)17(27)14-10-12-4-2-3-8-28(12)25-14/h2-5,7-8,10-11,17H,6,9H2,1H3,(H,20,21)/t17-/m1/s1. The molecule has 0 saturated carbocycles. The van der Waals surface area contributed by atoms with Gasteiger partial charge in [-0.3, -0.25) is 4.68 Å². The summed E-state index contributed by atoms with van der Waals surface area (Å²) in [4.78, 5) is 9.90. The third kappa shape index (κ3) is 2.45. The fourth-order valence-corrected chi connectivity index (χ4v) is 3.89. The van der Waals surface area contributed by atoms with Crippen LogP contribution in [0.2, 0.25) is 0 Å². The Morgan fingerprint density at radius 2 is 2.17 bits per heavy atom. The number of aryl methyl sites for hydroxylation is 1. The number of aromatic nitrogens is 8. The molecule has 10 heteroatoms. The molecule has 0 saturated heterocycles. The highest BCUT2D eigenvalue weighted by Crippen LogP contribution is 2.36. The second kappa shape index (κ2) is 6.03. The Morgan fingerprint density at radius 3 is 3.03 bits per heavy atom. The molecule has 5 aromatic rings. The van der Waals surface area contributed by atoms with Gasteiger partial charge in [0.2, 0.25) is 0 Å². The van der Waals surface area contributed by atoms with Crippen molar-refractivity contribution in [1.29, 1.82) is 0 Å². The Balaban J connectivity index is 1.46. The molecule has 29 heavy (non-hydrogen) atoms. The predicted octanol–water partition coefficient (Wildman–Crippen LogP) is 1.99. The summed E-state index contributed by atoms with van der Waals surface area (Å²) in [5.41, 5.74) is 4.70. The molecule has 6 rings (SSSR count). The van der Waals surface area contributed by atoms with Crippen molar-refractivity contribution in [3.63, 3.8) is 0 Å². The SMILES string of the molecule is Cn1nccc1-c1nnc(N2CCc3[nH]cnc3[C@H]2c2cc3ccccn3n2)o1. The number of anilines is 1. The van der Waals surface area contributed by atoms with E-state index in [2.05, 4.69) is 36.2 Å². The van der Waals surface area contributed by atoms with E-state index in [1.165, 1.54) is 0 Å². The van der Waals surface area contributed by atoms with E-state index in [0.29, 0.717) is 18.5 Å². The zero-order valence-corrected chi connectivity index (χ0v) is 15.6. The molecule has 1 aliphatic heterocycles. The van der Waals surface area contributed by atoms with Gasteiger partial charge in [-0.15, -0.1) is 5.10 Å². The smallest absolute Gasteiger partial charge is 0.319 e. The quantitative estimate of drug-likeness (QED) is 0.505. The summed E-state index contributed by atoms with van der Waals surface area (Å²) in [6, 6.07) is 10.1. The van der Waals surface area contributed by atoms with E-state index in [0.717, 1.165) is 34.7 Å². The molecule has 1 atom stereocenters. The number of H-pyrrole nitrogens is 1. The molecular formula is C19H17N9O. The molecule has 1 N–H and O–H groups in total. The molecule has 0 radical (unpaired) electrons. The Morgan fingerprint density at radius 1 is 1.21 bits per heavy atom. The highest BCUT2D eigenvalue weighted by Gasteiger charge is 2.36. The number of nitrogens with one attached hydrogen (secondary N) is 1. The molecule has 0 aromatic carbocycles. The fourth-order valence-electron chi connectivity index (χ4n) is 3.89. The maximum absolute atomic E-state index is 6.04. The molecule has 6 heterocycles. The van der Waals surface area contributed by atoms with Gasteiger partial charge in [-0.25, -0.2) is 9.50 Å². The first-order valence-electron chi connectivity index (χ1n) is 9.33. The van der Waals surface area contributed by atoms with Crippen LogP contribution in [-0.4, -0.2) is 46.1 Å². The van der Waals surface area contributed by atoms with Gasteiger partial charge in [0.25, 0.3) is 5.89 Å². The number of fused-ring (bicyclic) bond motifs is 2. The number of hydrogen-bond donors (Lipinski definition) is 1. The van der Waals surface area contributed by atoms with E-state index in [9.17, 15) is 0 Å². The molecule has 10 nitrogen and oxygen atoms in total. The van der Waals surface area contributed by atoms with Gasteiger partial charge >= 0.3 is 6.01 Å². The number of rotatable bonds is 3. The van der Waals surface area contributed by atoms with Crippen LogP contribution >= 0.6 is 0 Å².